The minimum atomic E-state index is -0.293. The van der Waals surface area contributed by atoms with Crippen molar-refractivity contribution in [2.75, 3.05) is 0 Å². The first-order valence-electron chi connectivity index (χ1n) is 4.69. The number of aryl methyl sites for hydroxylation is 2. The summed E-state index contributed by atoms with van der Waals surface area (Å²) >= 11 is 0. The number of hydrogen-bond donors (Lipinski definition) is 0. The van der Waals surface area contributed by atoms with Crippen LogP contribution < -0.4 is 11.2 Å². The molecular weight excluding hydrogens is 192 g/mol. The minimum absolute atomic E-state index is 0.230. The van der Waals surface area contributed by atoms with E-state index in [0.29, 0.717) is 10.9 Å². The van der Waals surface area contributed by atoms with Gasteiger partial charge in [0.2, 0.25) is 0 Å². The highest BCUT2D eigenvalue weighted by Crippen LogP contribution is 2.11. The summed E-state index contributed by atoms with van der Waals surface area (Å²) in [4.78, 5) is 23.5. The molecule has 2 rings (SSSR count). The molecule has 78 valence electrons. The summed E-state index contributed by atoms with van der Waals surface area (Å²) in [6, 6.07) is 5.50. The molecule has 15 heavy (non-hydrogen) atoms. The van der Waals surface area contributed by atoms with Gasteiger partial charge in [-0.05, 0) is 18.6 Å². The normalized spacial score (nSPS) is 10.9. The third-order valence-corrected chi connectivity index (χ3v) is 2.70. The van der Waals surface area contributed by atoms with Crippen molar-refractivity contribution in [2.24, 2.45) is 14.1 Å². The second kappa shape index (κ2) is 3.08. The lowest BCUT2D eigenvalue weighted by Gasteiger charge is -2.08. The maximum absolute atomic E-state index is 11.9. The fraction of sp³-hybridized carbons (Fsp3) is 0.273. The van der Waals surface area contributed by atoms with E-state index in [-0.39, 0.29) is 11.2 Å². The van der Waals surface area contributed by atoms with Crippen molar-refractivity contribution in [1.29, 1.82) is 0 Å². The van der Waals surface area contributed by atoms with Crippen molar-refractivity contribution in [1.82, 2.24) is 9.13 Å². The maximum atomic E-state index is 11.9. The maximum Gasteiger partial charge on any atom is 0.330 e. The van der Waals surface area contributed by atoms with Gasteiger partial charge in [0.25, 0.3) is 5.56 Å². The van der Waals surface area contributed by atoms with Gasteiger partial charge in [-0.3, -0.25) is 13.9 Å². The zero-order valence-electron chi connectivity index (χ0n) is 8.94. The van der Waals surface area contributed by atoms with E-state index in [1.165, 1.54) is 11.6 Å². The third-order valence-electron chi connectivity index (χ3n) is 2.70. The highest BCUT2D eigenvalue weighted by atomic mass is 16.2. The van der Waals surface area contributed by atoms with Gasteiger partial charge in [-0.1, -0.05) is 12.1 Å². The summed E-state index contributed by atoms with van der Waals surface area (Å²) in [6.07, 6.45) is 0. The first-order valence-corrected chi connectivity index (χ1v) is 4.69. The van der Waals surface area contributed by atoms with Gasteiger partial charge in [0, 0.05) is 14.1 Å². The molecule has 0 N–H and O–H groups in total. The second-order valence-electron chi connectivity index (χ2n) is 3.67. The van der Waals surface area contributed by atoms with Gasteiger partial charge in [0.1, 0.15) is 0 Å². The van der Waals surface area contributed by atoms with Crippen molar-refractivity contribution in [2.45, 2.75) is 6.92 Å². The molecule has 4 nitrogen and oxygen atoms in total. The van der Waals surface area contributed by atoms with Crippen LogP contribution in [0.3, 0.4) is 0 Å². The summed E-state index contributed by atoms with van der Waals surface area (Å²) in [7, 11) is 3.17. The van der Waals surface area contributed by atoms with E-state index < -0.39 is 0 Å². The predicted molar refractivity (Wildman–Crippen MR) is 59.2 cm³/mol. The highest BCUT2D eigenvalue weighted by molar-refractivity contribution is 5.81. The number of aromatic nitrogens is 2. The molecule has 0 atom stereocenters. The van der Waals surface area contributed by atoms with Gasteiger partial charge >= 0.3 is 5.69 Å². The van der Waals surface area contributed by atoms with Crippen LogP contribution in [0.25, 0.3) is 10.9 Å². The van der Waals surface area contributed by atoms with E-state index >= 15 is 0 Å². The van der Waals surface area contributed by atoms with Gasteiger partial charge in [0.15, 0.2) is 0 Å². The van der Waals surface area contributed by atoms with Crippen LogP contribution in [-0.2, 0) is 14.1 Å². The van der Waals surface area contributed by atoms with Crippen LogP contribution >= 0.6 is 0 Å². The van der Waals surface area contributed by atoms with Crippen LogP contribution in [0, 0.1) is 6.92 Å². The lowest BCUT2D eigenvalue weighted by molar-refractivity contribution is 0.713. The van der Waals surface area contributed by atoms with Gasteiger partial charge in [-0.2, -0.15) is 0 Å². The van der Waals surface area contributed by atoms with Crippen molar-refractivity contribution >= 4 is 10.9 Å². The van der Waals surface area contributed by atoms with Crippen molar-refractivity contribution in [3.05, 3.63) is 44.6 Å². The van der Waals surface area contributed by atoms with Gasteiger partial charge in [0.05, 0.1) is 10.9 Å². The quantitative estimate of drug-likeness (QED) is 0.629. The standard InChI is InChI=1S/C11H12N2O2/c1-7-5-4-6-8-9(7)10(14)13(3)11(15)12(8)2/h4-6H,1-3H3. The van der Waals surface area contributed by atoms with Crippen molar-refractivity contribution in [3.8, 4) is 0 Å². The molecule has 1 aromatic carbocycles. The van der Waals surface area contributed by atoms with Crippen LogP contribution in [0.4, 0.5) is 0 Å². The van der Waals surface area contributed by atoms with Crippen LogP contribution in [0.2, 0.25) is 0 Å². The smallest absolute Gasteiger partial charge is 0.296 e. The molecule has 1 heterocycles. The number of rotatable bonds is 0. The van der Waals surface area contributed by atoms with E-state index in [1.807, 2.05) is 19.1 Å². The molecule has 2 aromatic rings. The molecule has 0 amide bonds. The third kappa shape index (κ3) is 1.21. The fourth-order valence-corrected chi connectivity index (χ4v) is 1.79. The summed E-state index contributed by atoms with van der Waals surface area (Å²) < 4.78 is 2.62. The lowest BCUT2D eigenvalue weighted by Crippen LogP contribution is -2.37. The molecule has 0 saturated carbocycles. The van der Waals surface area contributed by atoms with Gasteiger partial charge in [-0.15, -0.1) is 0 Å². The monoisotopic (exact) mass is 204 g/mol. The Morgan fingerprint density at radius 3 is 2.40 bits per heavy atom. The number of benzene rings is 1. The molecule has 0 bridgehead atoms. The number of nitrogens with zero attached hydrogens (tertiary/aromatic N) is 2. The Kier molecular flexibility index (Phi) is 2.00. The summed E-state index contributed by atoms with van der Waals surface area (Å²) in [5.74, 6) is 0. The summed E-state index contributed by atoms with van der Waals surface area (Å²) in [5.41, 5.74) is 1.05. The van der Waals surface area contributed by atoms with E-state index in [2.05, 4.69) is 0 Å². The number of hydrogen-bond acceptors (Lipinski definition) is 2. The molecule has 0 aliphatic rings. The minimum Gasteiger partial charge on any atom is -0.296 e. The molecule has 0 radical (unpaired) electrons. The molecule has 0 spiro atoms. The molecule has 0 fully saturated rings. The Hall–Kier alpha value is -1.84. The average molecular weight is 204 g/mol. The number of fused-ring (bicyclic) bond motifs is 1. The average Bonchev–Trinajstić information content (AvgIpc) is 2.23. The van der Waals surface area contributed by atoms with Crippen molar-refractivity contribution < 1.29 is 0 Å². The van der Waals surface area contributed by atoms with Gasteiger partial charge < -0.3 is 0 Å². The fourth-order valence-electron chi connectivity index (χ4n) is 1.79. The Balaban J connectivity index is 3.23. The topological polar surface area (TPSA) is 44.0 Å². The highest BCUT2D eigenvalue weighted by Gasteiger charge is 2.08. The Labute approximate surface area is 86.4 Å². The first-order chi connectivity index (χ1) is 7.04. The Morgan fingerprint density at radius 2 is 1.73 bits per heavy atom. The largest absolute Gasteiger partial charge is 0.330 e. The Bertz CT molecular complexity index is 650. The predicted octanol–water partition coefficient (Wildman–Crippen LogP) is 0.546. The molecule has 0 unspecified atom stereocenters. The molecular formula is C11H12N2O2. The Morgan fingerprint density at radius 1 is 1.07 bits per heavy atom. The van der Waals surface area contributed by atoms with E-state index in [9.17, 15) is 9.59 Å². The first kappa shape index (κ1) is 9.71. The zero-order chi connectivity index (χ0) is 11.2. The van der Waals surface area contributed by atoms with Gasteiger partial charge in [-0.25, -0.2) is 4.79 Å². The summed E-state index contributed by atoms with van der Waals surface area (Å²) in [5, 5.41) is 0.613. The van der Waals surface area contributed by atoms with E-state index in [1.54, 1.807) is 13.1 Å². The van der Waals surface area contributed by atoms with Crippen molar-refractivity contribution in [3.63, 3.8) is 0 Å². The zero-order valence-corrected chi connectivity index (χ0v) is 8.94. The summed E-state index contributed by atoms with van der Waals surface area (Å²) in [6.45, 7) is 1.87. The molecule has 1 aromatic heterocycles. The van der Waals surface area contributed by atoms with Crippen LogP contribution in [0.15, 0.2) is 27.8 Å². The SMILES string of the molecule is Cc1cccc2c1c(=O)n(C)c(=O)n2C. The molecule has 0 aliphatic carbocycles. The van der Waals surface area contributed by atoms with Crippen LogP contribution in [0.1, 0.15) is 5.56 Å². The lowest BCUT2D eigenvalue weighted by atomic mass is 10.1. The molecule has 0 aliphatic heterocycles. The molecule has 0 saturated heterocycles. The van der Waals surface area contributed by atoms with E-state index in [4.69, 9.17) is 0 Å². The van der Waals surface area contributed by atoms with Crippen LogP contribution in [-0.4, -0.2) is 9.13 Å². The van der Waals surface area contributed by atoms with E-state index in [0.717, 1.165) is 10.1 Å². The second-order valence-corrected chi connectivity index (χ2v) is 3.67. The van der Waals surface area contributed by atoms with Crippen LogP contribution in [0.5, 0.6) is 0 Å². The molecule has 4 heteroatoms.